The zero-order valence-electron chi connectivity index (χ0n) is 13.0. The van der Waals surface area contributed by atoms with Crippen LogP contribution in [0.15, 0.2) is 63.8 Å². The number of furan rings is 1. The van der Waals surface area contributed by atoms with Crippen molar-refractivity contribution < 1.29 is 13.9 Å². The highest BCUT2D eigenvalue weighted by atomic mass is 79.9. The Labute approximate surface area is 147 Å². The Morgan fingerprint density at radius 1 is 1.29 bits per heavy atom. The Morgan fingerprint density at radius 2 is 2.08 bits per heavy atom. The molecule has 0 aliphatic rings. The highest BCUT2D eigenvalue weighted by Crippen LogP contribution is 2.18. The monoisotopic (exact) mass is 386 g/mol. The van der Waals surface area contributed by atoms with E-state index in [1.165, 1.54) is 12.3 Å². The Bertz CT molecular complexity index is 863. The number of aryl methyl sites for hydroxylation is 1. The minimum absolute atomic E-state index is 0.118. The molecule has 6 heteroatoms. The summed E-state index contributed by atoms with van der Waals surface area (Å²) in [5.41, 5.74) is 0.541. The van der Waals surface area contributed by atoms with Gasteiger partial charge in [-0.1, -0.05) is 15.9 Å². The largest absolute Gasteiger partial charge is 0.486 e. The number of aromatic nitrogens is 2. The van der Waals surface area contributed by atoms with Crippen LogP contribution < -0.4 is 4.74 Å². The van der Waals surface area contributed by atoms with Crippen molar-refractivity contribution in [3.63, 3.8) is 0 Å². The first kappa shape index (κ1) is 16.3. The van der Waals surface area contributed by atoms with Gasteiger partial charge in [0.15, 0.2) is 5.78 Å². The number of benzene rings is 1. The molecule has 0 unspecified atom stereocenters. The molecule has 0 fully saturated rings. The minimum atomic E-state index is -0.118. The third-order valence-electron chi connectivity index (χ3n) is 3.27. The van der Waals surface area contributed by atoms with Crippen molar-refractivity contribution in [3.8, 4) is 5.75 Å². The van der Waals surface area contributed by atoms with E-state index in [4.69, 9.17) is 9.15 Å². The summed E-state index contributed by atoms with van der Waals surface area (Å²) >= 11 is 3.38. The molecule has 3 aromatic rings. The van der Waals surface area contributed by atoms with Crippen molar-refractivity contribution >= 4 is 27.8 Å². The van der Waals surface area contributed by atoms with Gasteiger partial charge in [-0.05, 0) is 48.6 Å². The SMILES string of the molecule is Cn1cc(C(=O)/C=C/c2ccc(COc3ccc(Br)cc3)o2)cn1. The number of ketones is 1. The standard InChI is InChI=1S/C18H15BrN2O3/c1-21-11-13(10-20-21)18(22)9-8-16-6-7-17(24-16)12-23-15-4-2-14(19)3-5-15/h2-11H,12H2,1H3/b9-8+. The summed E-state index contributed by atoms with van der Waals surface area (Å²) in [5, 5.41) is 3.97. The zero-order valence-corrected chi connectivity index (χ0v) is 14.6. The average Bonchev–Trinajstić information content (AvgIpc) is 3.21. The second kappa shape index (κ2) is 7.31. The van der Waals surface area contributed by atoms with Crippen molar-refractivity contribution in [1.29, 1.82) is 0 Å². The molecule has 0 saturated carbocycles. The van der Waals surface area contributed by atoms with Crippen LogP contribution in [0.3, 0.4) is 0 Å². The maximum Gasteiger partial charge on any atom is 0.189 e. The van der Waals surface area contributed by atoms with E-state index >= 15 is 0 Å². The van der Waals surface area contributed by atoms with Gasteiger partial charge >= 0.3 is 0 Å². The van der Waals surface area contributed by atoms with Gasteiger partial charge in [0, 0.05) is 17.7 Å². The van der Waals surface area contributed by atoms with E-state index in [-0.39, 0.29) is 5.78 Å². The summed E-state index contributed by atoms with van der Waals surface area (Å²) in [6.07, 6.45) is 6.31. The molecular weight excluding hydrogens is 372 g/mol. The molecule has 2 aromatic heterocycles. The predicted molar refractivity (Wildman–Crippen MR) is 93.8 cm³/mol. The number of carbonyl (C=O) groups excluding carboxylic acids is 1. The van der Waals surface area contributed by atoms with Crippen LogP contribution in [-0.4, -0.2) is 15.6 Å². The lowest BCUT2D eigenvalue weighted by Gasteiger charge is -2.03. The molecule has 0 bridgehead atoms. The van der Waals surface area contributed by atoms with Crippen LogP contribution in [-0.2, 0) is 13.7 Å². The highest BCUT2D eigenvalue weighted by Gasteiger charge is 2.05. The van der Waals surface area contributed by atoms with E-state index in [2.05, 4.69) is 21.0 Å². The molecule has 122 valence electrons. The first-order valence-corrected chi connectivity index (χ1v) is 8.07. The summed E-state index contributed by atoms with van der Waals surface area (Å²) in [7, 11) is 1.77. The van der Waals surface area contributed by atoms with Crippen LogP contribution in [0.4, 0.5) is 0 Å². The quantitative estimate of drug-likeness (QED) is 0.469. The summed E-state index contributed by atoms with van der Waals surface area (Å²) in [4.78, 5) is 12.0. The van der Waals surface area contributed by atoms with E-state index in [0.717, 1.165) is 10.2 Å². The normalized spacial score (nSPS) is 11.1. The van der Waals surface area contributed by atoms with Crippen LogP contribution >= 0.6 is 15.9 Å². The first-order valence-electron chi connectivity index (χ1n) is 7.28. The molecule has 0 atom stereocenters. The van der Waals surface area contributed by atoms with Gasteiger partial charge < -0.3 is 9.15 Å². The first-order chi connectivity index (χ1) is 11.6. The zero-order chi connectivity index (χ0) is 16.9. The fraction of sp³-hybridized carbons (Fsp3) is 0.111. The van der Waals surface area contributed by atoms with Gasteiger partial charge in [-0.15, -0.1) is 0 Å². The number of hydrogen-bond donors (Lipinski definition) is 0. The smallest absolute Gasteiger partial charge is 0.189 e. The molecule has 0 amide bonds. The number of nitrogens with zero attached hydrogens (tertiary/aromatic N) is 2. The van der Waals surface area contributed by atoms with Crippen molar-refractivity contribution in [2.75, 3.05) is 0 Å². The molecular formula is C18H15BrN2O3. The maximum absolute atomic E-state index is 12.0. The van der Waals surface area contributed by atoms with Gasteiger partial charge in [-0.2, -0.15) is 5.10 Å². The Balaban J connectivity index is 1.58. The Kier molecular flexibility index (Phi) is 4.96. The van der Waals surface area contributed by atoms with Crippen molar-refractivity contribution in [2.45, 2.75) is 6.61 Å². The molecule has 5 nitrogen and oxygen atoms in total. The number of carbonyl (C=O) groups is 1. The molecule has 1 aromatic carbocycles. The van der Waals surface area contributed by atoms with Crippen molar-refractivity contribution in [3.05, 3.63) is 76.4 Å². The van der Waals surface area contributed by atoms with Crippen LogP contribution in [0.2, 0.25) is 0 Å². The van der Waals surface area contributed by atoms with Gasteiger partial charge in [0.2, 0.25) is 0 Å². The average molecular weight is 387 g/mol. The molecule has 0 radical (unpaired) electrons. The molecule has 0 saturated heterocycles. The van der Waals surface area contributed by atoms with E-state index < -0.39 is 0 Å². The van der Waals surface area contributed by atoms with Gasteiger partial charge in [-0.3, -0.25) is 9.48 Å². The minimum Gasteiger partial charge on any atom is -0.486 e. The number of ether oxygens (including phenoxy) is 1. The van der Waals surface area contributed by atoms with Crippen LogP contribution in [0.1, 0.15) is 21.9 Å². The Morgan fingerprint density at radius 3 is 2.79 bits per heavy atom. The third kappa shape index (κ3) is 4.23. The van der Waals surface area contributed by atoms with E-state index in [1.807, 2.05) is 30.3 Å². The predicted octanol–water partition coefficient (Wildman–Crippen LogP) is 4.25. The van der Waals surface area contributed by atoms with Gasteiger partial charge in [0.25, 0.3) is 0 Å². The lowest BCUT2D eigenvalue weighted by atomic mass is 10.2. The summed E-state index contributed by atoms with van der Waals surface area (Å²) in [6.45, 7) is 0.325. The van der Waals surface area contributed by atoms with Crippen molar-refractivity contribution in [2.24, 2.45) is 7.05 Å². The lowest BCUT2D eigenvalue weighted by Crippen LogP contribution is -1.93. The number of allylic oxidation sites excluding steroid dienone is 1. The molecule has 2 heterocycles. The van der Waals surface area contributed by atoms with Crippen LogP contribution in [0.25, 0.3) is 6.08 Å². The summed E-state index contributed by atoms with van der Waals surface area (Å²) < 4.78 is 13.9. The maximum atomic E-state index is 12.0. The Hall–Kier alpha value is -2.60. The summed E-state index contributed by atoms with van der Waals surface area (Å²) in [5.74, 6) is 1.93. The van der Waals surface area contributed by atoms with E-state index in [1.54, 1.807) is 30.1 Å². The molecule has 0 spiro atoms. The molecule has 0 N–H and O–H groups in total. The summed E-state index contributed by atoms with van der Waals surface area (Å²) in [6, 6.07) is 11.2. The van der Waals surface area contributed by atoms with Gasteiger partial charge in [0.05, 0.1) is 11.8 Å². The molecule has 3 rings (SSSR count). The van der Waals surface area contributed by atoms with E-state index in [9.17, 15) is 4.79 Å². The topological polar surface area (TPSA) is 57.3 Å². The van der Waals surface area contributed by atoms with Crippen LogP contribution in [0.5, 0.6) is 5.75 Å². The number of halogens is 1. The highest BCUT2D eigenvalue weighted by molar-refractivity contribution is 9.10. The molecule has 0 aliphatic heterocycles. The molecule has 0 aliphatic carbocycles. The fourth-order valence-corrected chi connectivity index (χ4v) is 2.31. The fourth-order valence-electron chi connectivity index (χ4n) is 2.05. The number of rotatable bonds is 6. The van der Waals surface area contributed by atoms with Crippen molar-refractivity contribution in [1.82, 2.24) is 9.78 Å². The third-order valence-corrected chi connectivity index (χ3v) is 3.79. The molecule has 24 heavy (non-hydrogen) atoms. The van der Waals surface area contributed by atoms with E-state index in [0.29, 0.717) is 23.7 Å². The number of hydrogen-bond acceptors (Lipinski definition) is 4. The van der Waals surface area contributed by atoms with Gasteiger partial charge in [0.1, 0.15) is 23.9 Å². The van der Waals surface area contributed by atoms with Gasteiger partial charge in [-0.25, -0.2) is 0 Å². The van der Waals surface area contributed by atoms with Crippen LogP contribution in [0, 0.1) is 0 Å². The lowest BCUT2D eigenvalue weighted by molar-refractivity contribution is 0.104. The second-order valence-corrected chi connectivity index (χ2v) is 6.06. The second-order valence-electron chi connectivity index (χ2n) is 5.15.